The molecule has 1 heterocycles. The topological polar surface area (TPSA) is 39.4 Å². The van der Waals surface area contributed by atoms with E-state index in [4.69, 9.17) is 9.15 Å². The van der Waals surface area contributed by atoms with Crippen LogP contribution in [0.2, 0.25) is 0 Å². The van der Waals surface area contributed by atoms with Crippen LogP contribution in [0.15, 0.2) is 34.9 Å². The highest BCUT2D eigenvalue weighted by atomic mass is 16.5. The second kappa shape index (κ2) is 4.39. The highest BCUT2D eigenvalue weighted by molar-refractivity contribution is 5.88. The van der Waals surface area contributed by atoms with Gasteiger partial charge in [0.05, 0.1) is 18.8 Å². The van der Waals surface area contributed by atoms with Crippen molar-refractivity contribution >= 4 is 16.9 Å². The number of carbonyl (C=O) groups is 1. The molecule has 16 heavy (non-hydrogen) atoms. The standard InChI is InChI=1S/C13H14O3/c1-3-15-13(14)9(2)11-8-16-12-7-5-4-6-10(11)12/h4-9H,3H2,1-2H3. The molecule has 3 nitrogen and oxygen atoms in total. The fourth-order valence-corrected chi connectivity index (χ4v) is 1.73. The second-order valence-electron chi connectivity index (χ2n) is 3.66. The molecule has 0 amide bonds. The van der Waals surface area contributed by atoms with E-state index in [0.717, 1.165) is 16.5 Å². The third kappa shape index (κ3) is 1.81. The van der Waals surface area contributed by atoms with E-state index in [0.29, 0.717) is 6.61 Å². The molecule has 0 fully saturated rings. The van der Waals surface area contributed by atoms with Crippen LogP contribution in [0, 0.1) is 0 Å². The Labute approximate surface area is 94.0 Å². The van der Waals surface area contributed by atoms with Crippen molar-refractivity contribution in [1.29, 1.82) is 0 Å². The first kappa shape index (κ1) is 10.7. The molecule has 0 aliphatic rings. The molecule has 1 unspecified atom stereocenters. The summed E-state index contributed by atoms with van der Waals surface area (Å²) in [5.41, 5.74) is 1.68. The lowest BCUT2D eigenvalue weighted by molar-refractivity contribution is -0.144. The lowest BCUT2D eigenvalue weighted by Crippen LogP contribution is -2.12. The fraction of sp³-hybridized carbons (Fsp3) is 0.308. The van der Waals surface area contributed by atoms with Crippen LogP contribution in [0.3, 0.4) is 0 Å². The van der Waals surface area contributed by atoms with Crippen molar-refractivity contribution < 1.29 is 13.9 Å². The van der Waals surface area contributed by atoms with Gasteiger partial charge in [-0.05, 0) is 19.9 Å². The predicted octanol–water partition coefficient (Wildman–Crippen LogP) is 3.10. The van der Waals surface area contributed by atoms with Crippen molar-refractivity contribution in [2.75, 3.05) is 6.61 Å². The number of furan rings is 1. The molecule has 3 heteroatoms. The molecule has 1 atom stereocenters. The van der Waals surface area contributed by atoms with Gasteiger partial charge in [-0.15, -0.1) is 0 Å². The second-order valence-corrected chi connectivity index (χ2v) is 3.66. The fourth-order valence-electron chi connectivity index (χ4n) is 1.73. The molecule has 0 spiro atoms. The zero-order chi connectivity index (χ0) is 11.5. The summed E-state index contributed by atoms with van der Waals surface area (Å²) in [5.74, 6) is -0.502. The molecule has 0 saturated heterocycles. The highest BCUT2D eigenvalue weighted by Gasteiger charge is 2.20. The van der Waals surface area contributed by atoms with Gasteiger partial charge in [-0.2, -0.15) is 0 Å². The number of esters is 1. The van der Waals surface area contributed by atoms with Crippen LogP contribution in [-0.2, 0) is 9.53 Å². The van der Waals surface area contributed by atoms with E-state index in [1.807, 2.05) is 31.2 Å². The molecule has 84 valence electrons. The van der Waals surface area contributed by atoms with Crippen molar-refractivity contribution in [2.24, 2.45) is 0 Å². The van der Waals surface area contributed by atoms with E-state index in [1.54, 1.807) is 13.2 Å². The zero-order valence-electron chi connectivity index (χ0n) is 9.40. The van der Waals surface area contributed by atoms with Crippen LogP contribution in [0.4, 0.5) is 0 Å². The average molecular weight is 218 g/mol. The van der Waals surface area contributed by atoms with Gasteiger partial charge in [-0.25, -0.2) is 0 Å². The van der Waals surface area contributed by atoms with E-state index >= 15 is 0 Å². The molecule has 1 aromatic heterocycles. The summed E-state index contributed by atoms with van der Waals surface area (Å²) >= 11 is 0. The summed E-state index contributed by atoms with van der Waals surface area (Å²) in [6.45, 7) is 4.03. The normalized spacial score (nSPS) is 12.6. The average Bonchev–Trinajstić information content (AvgIpc) is 2.72. The Kier molecular flexibility index (Phi) is 2.95. The Morgan fingerprint density at radius 3 is 2.94 bits per heavy atom. The number of carbonyl (C=O) groups excluding carboxylic acids is 1. The number of ether oxygens (including phenoxy) is 1. The van der Waals surface area contributed by atoms with Crippen molar-refractivity contribution in [3.05, 3.63) is 36.1 Å². The third-order valence-electron chi connectivity index (χ3n) is 2.62. The molecular weight excluding hydrogens is 204 g/mol. The maximum absolute atomic E-state index is 11.6. The Morgan fingerprint density at radius 1 is 1.44 bits per heavy atom. The summed E-state index contributed by atoms with van der Waals surface area (Å²) in [7, 11) is 0. The Bertz CT molecular complexity index is 499. The Balaban J connectivity index is 2.36. The number of benzene rings is 1. The summed E-state index contributed by atoms with van der Waals surface area (Å²) in [4.78, 5) is 11.6. The van der Waals surface area contributed by atoms with Gasteiger partial charge in [0.1, 0.15) is 5.58 Å². The molecule has 0 aliphatic heterocycles. The van der Waals surface area contributed by atoms with Crippen LogP contribution >= 0.6 is 0 Å². The number of hydrogen-bond donors (Lipinski definition) is 0. The summed E-state index contributed by atoms with van der Waals surface area (Å²) in [5, 5.41) is 0.975. The van der Waals surface area contributed by atoms with Crippen LogP contribution in [-0.4, -0.2) is 12.6 Å². The van der Waals surface area contributed by atoms with E-state index in [2.05, 4.69) is 0 Å². The van der Waals surface area contributed by atoms with Gasteiger partial charge in [0.2, 0.25) is 0 Å². The molecular formula is C13H14O3. The van der Waals surface area contributed by atoms with Gasteiger partial charge >= 0.3 is 5.97 Å². The maximum Gasteiger partial charge on any atom is 0.313 e. The number of rotatable bonds is 3. The van der Waals surface area contributed by atoms with Gasteiger partial charge < -0.3 is 9.15 Å². The van der Waals surface area contributed by atoms with Crippen LogP contribution in [0.5, 0.6) is 0 Å². The summed E-state index contributed by atoms with van der Waals surface area (Å²) < 4.78 is 10.4. The minimum atomic E-state index is -0.288. The van der Waals surface area contributed by atoms with E-state index in [1.165, 1.54) is 0 Å². The number of fused-ring (bicyclic) bond motifs is 1. The highest BCUT2D eigenvalue weighted by Crippen LogP contribution is 2.28. The molecule has 0 saturated carbocycles. The largest absolute Gasteiger partial charge is 0.466 e. The van der Waals surface area contributed by atoms with Gasteiger partial charge in [0, 0.05) is 10.9 Å². The zero-order valence-corrected chi connectivity index (χ0v) is 9.40. The van der Waals surface area contributed by atoms with Gasteiger partial charge in [-0.1, -0.05) is 18.2 Å². The number of para-hydroxylation sites is 1. The van der Waals surface area contributed by atoms with Gasteiger partial charge in [-0.3, -0.25) is 4.79 Å². The Morgan fingerprint density at radius 2 is 2.19 bits per heavy atom. The van der Waals surface area contributed by atoms with E-state index in [-0.39, 0.29) is 11.9 Å². The van der Waals surface area contributed by atoms with Gasteiger partial charge in [0.15, 0.2) is 0 Å². The minimum Gasteiger partial charge on any atom is -0.466 e. The van der Waals surface area contributed by atoms with Crippen LogP contribution < -0.4 is 0 Å². The predicted molar refractivity (Wildman–Crippen MR) is 61.3 cm³/mol. The molecule has 2 rings (SSSR count). The van der Waals surface area contributed by atoms with Crippen molar-refractivity contribution in [3.8, 4) is 0 Å². The molecule has 0 aliphatic carbocycles. The minimum absolute atomic E-state index is 0.214. The van der Waals surface area contributed by atoms with Crippen molar-refractivity contribution in [2.45, 2.75) is 19.8 Å². The van der Waals surface area contributed by atoms with E-state index < -0.39 is 0 Å². The smallest absolute Gasteiger partial charge is 0.313 e. The molecule has 0 bridgehead atoms. The van der Waals surface area contributed by atoms with E-state index in [9.17, 15) is 4.79 Å². The number of hydrogen-bond acceptors (Lipinski definition) is 3. The quantitative estimate of drug-likeness (QED) is 0.743. The molecule has 0 N–H and O–H groups in total. The van der Waals surface area contributed by atoms with Crippen molar-refractivity contribution in [1.82, 2.24) is 0 Å². The van der Waals surface area contributed by atoms with Crippen LogP contribution in [0.1, 0.15) is 25.3 Å². The van der Waals surface area contributed by atoms with Crippen molar-refractivity contribution in [3.63, 3.8) is 0 Å². The summed E-state index contributed by atoms with van der Waals surface area (Å²) in [6.07, 6.45) is 1.63. The molecule has 0 radical (unpaired) electrons. The first-order chi connectivity index (χ1) is 7.74. The molecule has 2 aromatic rings. The SMILES string of the molecule is CCOC(=O)C(C)c1coc2ccccc12. The van der Waals surface area contributed by atoms with Gasteiger partial charge in [0.25, 0.3) is 0 Å². The summed E-state index contributed by atoms with van der Waals surface area (Å²) in [6, 6.07) is 7.67. The Hall–Kier alpha value is -1.77. The maximum atomic E-state index is 11.6. The van der Waals surface area contributed by atoms with Crippen LogP contribution in [0.25, 0.3) is 11.0 Å². The first-order valence-corrected chi connectivity index (χ1v) is 5.36. The first-order valence-electron chi connectivity index (χ1n) is 5.36. The molecule has 1 aromatic carbocycles. The third-order valence-corrected chi connectivity index (χ3v) is 2.62. The lowest BCUT2D eigenvalue weighted by atomic mass is 10.0. The monoisotopic (exact) mass is 218 g/mol. The lowest BCUT2D eigenvalue weighted by Gasteiger charge is -2.08.